The maximum absolute atomic E-state index is 12.6. The van der Waals surface area contributed by atoms with Crippen molar-refractivity contribution < 1.29 is 9.53 Å². The molecule has 0 saturated heterocycles. The summed E-state index contributed by atoms with van der Waals surface area (Å²) in [6.45, 7) is 6.78. The highest BCUT2D eigenvalue weighted by Crippen LogP contribution is 2.35. The molecule has 0 bridgehead atoms. The third-order valence-corrected chi connectivity index (χ3v) is 5.38. The molecule has 156 valence electrons. The monoisotopic (exact) mass is 414 g/mol. The lowest BCUT2D eigenvalue weighted by molar-refractivity contribution is 0.0987. The first-order valence-corrected chi connectivity index (χ1v) is 10.4. The molecule has 0 radical (unpaired) electrons. The quantitative estimate of drug-likeness (QED) is 0.682. The second-order valence-electron chi connectivity index (χ2n) is 7.57. The van der Waals surface area contributed by atoms with Crippen LogP contribution in [0.5, 0.6) is 5.88 Å². The van der Waals surface area contributed by atoms with Gasteiger partial charge in [0.15, 0.2) is 11.0 Å². The summed E-state index contributed by atoms with van der Waals surface area (Å²) in [6.07, 6.45) is 4.16. The number of hydrogen-bond donors (Lipinski definition) is 1. The Morgan fingerprint density at radius 2 is 2.10 bits per heavy atom. The summed E-state index contributed by atoms with van der Waals surface area (Å²) in [7, 11) is 0. The molecule has 2 aromatic rings. The summed E-state index contributed by atoms with van der Waals surface area (Å²) in [4.78, 5) is 25.6. The Hall–Kier alpha value is -2.41. The number of benzene rings is 1. The van der Waals surface area contributed by atoms with Crippen molar-refractivity contribution in [2.24, 2.45) is 16.6 Å². The van der Waals surface area contributed by atoms with Gasteiger partial charge in [-0.2, -0.15) is 0 Å². The number of aromatic nitrogens is 2. The maximum atomic E-state index is 12.6. The van der Waals surface area contributed by atoms with Crippen LogP contribution in [-0.4, -0.2) is 33.3 Å². The van der Waals surface area contributed by atoms with Gasteiger partial charge in [0.1, 0.15) is 5.69 Å². The molecule has 0 fully saturated rings. The van der Waals surface area contributed by atoms with E-state index in [1.165, 1.54) is 12.4 Å². The second kappa shape index (κ2) is 9.87. The van der Waals surface area contributed by atoms with Gasteiger partial charge in [0.25, 0.3) is 0 Å². The van der Waals surface area contributed by atoms with Crippen LogP contribution in [0.2, 0.25) is 0 Å². The summed E-state index contributed by atoms with van der Waals surface area (Å²) < 4.78 is 5.51. The van der Waals surface area contributed by atoms with Crippen LogP contribution in [0.1, 0.15) is 56.2 Å². The van der Waals surface area contributed by atoms with Gasteiger partial charge in [0, 0.05) is 12.2 Å². The molecule has 0 unspecified atom stereocenters. The lowest BCUT2D eigenvalue weighted by Crippen LogP contribution is -2.28. The van der Waals surface area contributed by atoms with Crippen LogP contribution in [0.15, 0.2) is 41.7 Å². The first kappa shape index (κ1) is 22.9. The number of nitrogens with zero attached hydrogens (tertiary/aromatic N) is 3. The van der Waals surface area contributed by atoms with E-state index in [4.69, 9.17) is 10.5 Å². The molecule has 1 aliphatic heterocycles. The zero-order valence-electron chi connectivity index (χ0n) is 16.5. The van der Waals surface area contributed by atoms with Gasteiger partial charge in [0.05, 0.1) is 24.5 Å². The zero-order valence-corrected chi connectivity index (χ0v) is 17.3. The van der Waals surface area contributed by atoms with Crippen molar-refractivity contribution in [1.82, 2.24) is 9.97 Å². The number of ketones is 1. The first-order valence-electron chi connectivity index (χ1n) is 9.41. The molecular weight excluding hydrogens is 384 g/mol. The van der Waals surface area contributed by atoms with Crippen LogP contribution >= 0.6 is 11.8 Å². The average Bonchev–Trinajstić information content (AvgIpc) is 2.67. The number of carbonyl (C=O) groups is 1. The highest BCUT2D eigenvalue weighted by molar-refractivity contribution is 8.13. The number of thioether (sulfide) groups is 1. The molecule has 7 heteroatoms. The van der Waals surface area contributed by atoms with E-state index in [9.17, 15) is 4.79 Å². The highest BCUT2D eigenvalue weighted by atomic mass is 32.2. The number of carbonyl (C=O) groups excluding carboxylic acids is 1. The summed E-state index contributed by atoms with van der Waals surface area (Å²) in [5.74, 6) is 1.70. The van der Waals surface area contributed by atoms with E-state index < -0.39 is 0 Å². The molecule has 1 aliphatic rings. The number of hydrogen-bond acceptors (Lipinski definition) is 7. The molecule has 1 atom stereocenters. The number of aliphatic imine (C=N–C) groups is 1. The van der Waals surface area contributed by atoms with Crippen molar-refractivity contribution in [3.8, 4) is 5.88 Å². The topological polar surface area (TPSA) is 90.5 Å². The largest absolute Gasteiger partial charge is 0.476 e. The Bertz CT molecular complexity index is 867. The Morgan fingerprint density at radius 1 is 1.31 bits per heavy atom. The molecule has 1 aromatic carbocycles. The number of rotatable bonds is 7. The molecule has 3 rings (SSSR count). The fourth-order valence-corrected chi connectivity index (χ4v) is 3.95. The van der Waals surface area contributed by atoms with Gasteiger partial charge in [-0.3, -0.25) is 9.79 Å². The minimum atomic E-state index is -0.344. The minimum Gasteiger partial charge on any atom is -0.476 e. The van der Waals surface area contributed by atoms with Crippen molar-refractivity contribution in [1.29, 1.82) is 0 Å². The van der Waals surface area contributed by atoms with Crippen LogP contribution < -0.4 is 10.5 Å². The van der Waals surface area contributed by atoms with Crippen LogP contribution in [0, 0.1) is 5.92 Å². The number of Topliss-reactive ketones (excluding diaryl/α,β-unsaturated/α-hetero) is 1. The predicted octanol–water partition coefficient (Wildman–Crippen LogP) is 4.24. The van der Waals surface area contributed by atoms with Crippen molar-refractivity contribution >= 4 is 22.7 Å². The van der Waals surface area contributed by atoms with Gasteiger partial charge in [-0.1, -0.05) is 57.3 Å². The molecule has 0 saturated carbocycles. The Morgan fingerprint density at radius 3 is 2.76 bits per heavy atom. The Labute approximate surface area is 177 Å². The summed E-state index contributed by atoms with van der Waals surface area (Å²) in [6, 6.07) is 7.99. The molecule has 6 nitrogen and oxygen atoms in total. The van der Waals surface area contributed by atoms with E-state index in [1.54, 1.807) is 11.8 Å². The Balaban J connectivity index is 0.00000300. The Kier molecular flexibility index (Phi) is 7.79. The van der Waals surface area contributed by atoms with E-state index in [2.05, 4.69) is 35.7 Å². The fourth-order valence-electron chi connectivity index (χ4n) is 2.97. The van der Waals surface area contributed by atoms with Gasteiger partial charge in [-0.15, -0.1) is 0 Å². The molecule has 0 amide bonds. The number of amidine groups is 1. The lowest BCUT2D eigenvalue weighted by Gasteiger charge is -2.30. The number of ether oxygens (including phenoxy) is 1. The van der Waals surface area contributed by atoms with Crippen LogP contribution in [0.25, 0.3) is 0 Å². The average molecular weight is 415 g/mol. The highest BCUT2D eigenvalue weighted by Gasteiger charge is 2.29. The summed E-state index contributed by atoms with van der Waals surface area (Å²) in [5.41, 5.74) is 7.92. The summed E-state index contributed by atoms with van der Waals surface area (Å²) >= 11 is 1.58. The molecule has 0 aliphatic carbocycles. The zero-order chi connectivity index (χ0) is 20.1. The van der Waals surface area contributed by atoms with E-state index in [0.29, 0.717) is 29.3 Å². The molecular formula is C22H30N4O2S. The van der Waals surface area contributed by atoms with Gasteiger partial charge >= 0.3 is 0 Å². The first-order chi connectivity index (χ1) is 13.4. The van der Waals surface area contributed by atoms with Crippen molar-refractivity contribution in [2.45, 2.75) is 46.6 Å². The smallest absolute Gasteiger partial charge is 0.232 e. The van der Waals surface area contributed by atoms with Crippen molar-refractivity contribution in [2.75, 3.05) is 12.4 Å². The van der Waals surface area contributed by atoms with E-state index in [-0.39, 0.29) is 25.2 Å². The van der Waals surface area contributed by atoms with Crippen LogP contribution in [0.4, 0.5) is 0 Å². The molecule has 0 spiro atoms. The molecule has 29 heavy (non-hydrogen) atoms. The van der Waals surface area contributed by atoms with Gasteiger partial charge < -0.3 is 10.5 Å². The third-order valence-electron chi connectivity index (χ3n) is 4.59. The van der Waals surface area contributed by atoms with Gasteiger partial charge in [-0.05, 0) is 30.4 Å². The standard InChI is InChI=1S/C21H26N4O2S.CH4/c1-14(2)13-27-19-12-23-17(11-24-19)18(26)10-15-5-4-6-16(9-15)21(3)7-8-28-20(22)25-21;/h4-6,9,11-12,14H,7-8,10,13H2,1-3H3,(H2,22,25);1H4/t21-;/m0./s1. The third kappa shape index (κ3) is 6.03. The van der Waals surface area contributed by atoms with Crippen LogP contribution in [0.3, 0.4) is 0 Å². The molecule has 2 N–H and O–H groups in total. The van der Waals surface area contributed by atoms with E-state index in [0.717, 1.165) is 23.3 Å². The number of nitrogens with two attached hydrogens (primary N) is 1. The molecule has 1 aromatic heterocycles. The van der Waals surface area contributed by atoms with E-state index >= 15 is 0 Å². The summed E-state index contributed by atoms with van der Waals surface area (Å²) in [5, 5.41) is 0.616. The minimum absolute atomic E-state index is 0. The molecule has 2 heterocycles. The maximum Gasteiger partial charge on any atom is 0.232 e. The normalized spacial score (nSPS) is 18.7. The van der Waals surface area contributed by atoms with E-state index in [1.807, 2.05) is 24.3 Å². The van der Waals surface area contributed by atoms with Crippen LogP contribution in [-0.2, 0) is 12.0 Å². The fraction of sp³-hybridized carbons (Fsp3) is 0.455. The SMILES string of the molecule is C.CC(C)COc1cnc(C(=O)Cc2cccc([C@]3(C)CCSC(N)=N3)c2)cn1. The second-order valence-corrected chi connectivity index (χ2v) is 8.68. The lowest BCUT2D eigenvalue weighted by atomic mass is 9.88. The predicted molar refractivity (Wildman–Crippen MR) is 120 cm³/mol. The van der Waals surface area contributed by atoms with Crippen molar-refractivity contribution in [3.63, 3.8) is 0 Å². The van der Waals surface area contributed by atoms with Gasteiger partial charge in [-0.25, -0.2) is 9.97 Å². The van der Waals surface area contributed by atoms with Crippen molar-refractivity contribution in [3.05, 3.63) is 53.5 Å². The van der Waals surface area contributed by atoms with Gasteiger partial charge in [0.2, 0.25) is 5.88 Å².